The van der Waals surface area contributed by atoms with Crippen molar-refractivity contribution in [1.29, 1.82) is 0 Å². The predicted octanol–water partition coefficient (Wildman–Crippen LogP) is 2.43. The van der Waals surface area contributed by atoms with Crippen molar-refractivity contribution in [2.75, 3.05) is 14.2 Å². The number of nitrogens with two attached hydrogens (primary N) is 1. The molecule has 0 atom stereocenters. The predicted molar refractivity (Wildman–Crippen MR) is 110 cm³/mol. The highest BCUT2D eigenvalue weighted by atomic mass is 32.2. The number of ether oxygens (including phenoxy) is 3. The quantitative estimate of drug-likeness (QED) is 0.691. The van der Waals surface area contributed by atoms with E-state index >= 15 is 0 Å². The van der Waals surface area contributed by atoms with Crippen LogP contribution in [0.2, 0.25) is 0 Å². The molecule has 0 bridgehead atoms. The van der Waals surface area contributed by atoms with E-state index in [1.807, 2.05) is 0 Å². The Morgan fingerprint density at radius 1 is 1.17 bits per heavy atom. The van der Waals surface area contributed by atoms with Gasteiger partial charge < -0.3 is 19.9 Å². The lowest BCUT2D eigenvalue weighted by Gasteiger charge is -2.24. The summed E-state index contributed by atoms with van der Waals surface area (Å²) in [6.07, 6.45) is -0.934. The molecular formula is C19H26N4O6S. The van der Waals surface area contributed by atoms with E-state index < -0.39 is 21.7 Å². The molecule has 0 aliphatic carbocycles. The molecule has 0 saturated heterocycles. The van der Waals surface area contributed by atoms with Crippen molar-refractivity contribution in [1.82, 2.24) is 14.3 Å². The first-order valence-electron chi connectivity index (χ1n) is 9.02. The standard InChI is InChI=1S/C19H26N4O6S/c1-19(2,3)29-18(24)23(4)30(25,26)12-13-6-8-15(9-7-13)28-16-10-14(11-20)21-17(22-16)27-5/h6-10H,11-12,20H2,1-5H3. The van der Waals surface area contributed by atoms with E-state index in [4.69, 9.17) is 19.9 Å². The normalized spacial score (nSPS) is 11.7. The molecule has 2 aromatic rings. The molecule has 1 aromatic carbocycles. The average molecular weight is 439 g/mol. The van der Waals surface area contributed by atoms with Gasteiger partial charge >= 0.3 is 12.1 Å². The second-order valence-corrected chi connectivity index (χ2v) is 9.34. The van der Waals surface area contributed by atoms with Gasteiger partial charge in [-0.25, -0.2) is 17.5 Å². The Balaban J connectivity index is 2.10. The third-order valence-corrected chi connectivity index (χ3v) is 5.37. The van der Waals surface area contributed by atoms with Gasteiger partial charge in [-0.2, -0.15) is 9.97 Å². The fourth-order valence-corrected chi connectivity index (χ4v) is 3.29. The van der Waals surface area contributed by atoms with Crippen LogP contribution in [0.4, 0.5) is 4.79 Å². The van der Waals surface area contributed by atoms with Gasteiger partial charge in [0.05, 0.1) is 18.6 Å². The molecule has 0 saturated carbocycles. The van der Waals surface area contributed by atoms with Crippen molar-refractivity contribution in [3.8, 4) is 17.6 Å². The lowest BCUT2D eigenvalue weighted by atomic mass is 10.2. The summed E-state index contributed by atoms with van der Waals surface area (Å²) >= 11 is 0. The Morgan fingerprint density at radius 2 is 1.80 bits per heavy atom. The van der Waals surface area contributed by atoms with Crippen LogP contribution in [0.1, 0.15) is 32.0 Å². The minimum atomic E-state index is -3.91. The van der Waals surface area contributed by atoms with E-state index in [2.05, 4.69) is 9.97 Å². The van der Waals surface area contributed by atoms with E-state index in [1.165, 1.54) is 14.2 Å². The van der Waals surface area contributed by atoms with Gasteiger partial charge in [-0.15, -0.1) is 0 Å². The Labute approximate surface area is 176 Å². The molecule has 2 N–H and O–H groups in total. The number of aromatic nitrogens is 2. The van der Waals surface area contributed by atoms with Crippen LogP contribution in [0.15, 0.2) is 30.3 Å². The largest absolute Gasteiger partial charge is 0.467 e. The van der Waals surface area contributed by atoms with Crippen LogP contribution in [-0.2, 0) is 27.1 Å². The van der Waals surface area contributed by atoms with Crippen LogP contribution in [0.25, 0.3) is 0 Å². The molecule has 0 radical (unpaired) electrons. The van der Waals surface area contributed by atoms with E-state index in [1.54, 1.807) is 51.1 Å². The molecule has 0 fully saturated rings. The molecule has 11 heteroatoms. The number of sulfonamides is 1. The summed E-state index contributed by atoms with van der Waals surface area (Å²) in [4.78, 5) is 20.2. The SMILES string of the molecule is COc1nc(CN)cc(Oc2ccc(CS(=O)(=O)N(C)C(=O)OC(C)(C)C)cc2)n1. The van der Waals surface area contributed by atoms with Crippen molar-refractivity contribution in [3.05, 3.63) is 41.6 Å². The van der Waals surface area contributed by atoms with Crippen LogP contribution < -0.4 is 15.2 Å². The maximum absolute atomic E-state index is 12.5. The van der Waals surface area contributed by atoms with Crippen LogP contribution in [-0.4, -0.2) is 48.5 Å². The molecule has 1 amide bonds. The lowest BCUT2D eigenvalue weighted by Crippen LogP contribution is -2.38. The van der Waals surface area contributed by atoms with Gasteiger partial charge in [0.25, 0.3) is 0 Å². The van der Waals surface area contributed by atoms with Crippen molar-refractivity contribution in [3.63, 3.8) is 0 Å². The van der Waals surface area contributed by atoms with Gasteiger partial charge in [-0.05, 0) is 38.5 Å². The van der Waals surface area contributed by atoms with Gasteiger partial charge in [-0.1, -0.05) is 12.1 Å². The third-order valence-electron chi connectivity index (χ3n) is 3.69. The zero-order chi connectivity index (χ0) is 22.5. The Morgan fingerprint density at radius 3 is 2.33 bits per heavy atom. The monoisotopic (exact) mass is 438 g/mol. The molecule has 164 valence electrons. The Kier molecular flexibility index (Phi) is 7.21. The van der Waals surface area contributed by atoms with Crippen molar-refractivity contribution in [2.45, 2.75) is 38.7 Å². The molecule has 10 nitrogen and oxygen atoms in total. The van der Waals surface area contributed by atoms with E-state index in [9.17, 15) is 13.2 Å². The summed E-state index contributed by atoms with van der Waals surface area (Å²) in [5, 5.41) is 0. The number of nitrogens with zero attached hydrogens (tertiary/aromatic N) is 3. The minimum Gasteiger partial charge on any atom is -0.467 e. The first-order valence-corrected chi connectivity index (χ1v) is 10.6. The zero-order valence-electron chi connectivity index (χ0n) is 17.6. The number of hydrogen-bond acceptors (Lipinski definition) is 9. The van der Waals surface area contributed by atoms with Gasteiger partial charge in [0.15, 0.2) is 0 Å². The fraction of sp³-hybridized carbons (Fsp3) is 0.421. The molecule has 1 aromatic heterocycles. The summed E-state index contributed by atoms with van der Waals surface area (Å²) in [5.74, 6) is 0.300. The number of carbonyl (C=O) groups excluding carboxylic acids is 1. The topological polar surface area (TPSA) is 134 Å². The van der Waals surface area contributed by atoms with Crippen LogP contribution in [0.5, 0.6) is 17.6 Å². The number of hydrogen-bond donors (Lipinski definition) is 1. The first kappa shape index (κ1) is 23.4. The number of rotatable bonds is 7. The second kappa shape index (κ2) is 9.26. The molecule has 2 rings (SSSR count). The highest BCUT2D eigenvalue weighted by Crippen LogP contribution is 2.23. The average Bonchev–Trinajstić information content (AvgIpc) is 2.67. The maximum Gasteiger partial charge on any atom is 0.423 e. The van der Waals surface area contributed by atoms with Crippen molar-refractivity contribution in [2.24, 2.45) is 5.73 Å². The smallest absolute Gasteiger partial charge is 0.423 e. The van der Waals surface area contributed by atoms with Crippen molar-refractivity contribution < 1.29 is 27.4 Å². The molecule has 0 aliphatic heterocycles. The van der Waals surface area contributed by atoms with Crippen LogP contribution in [0, 0.1) is 0 Å². The van der Waals surface area contributed by atoms with Gasteiger partial charge in [0, 0.05) is 19.7 Å². The lowest BCUT2D eigenvalue weighted by molar-refractivity contribution is 0.0420. The summed E-state index contributed by atoms with van der Waals surface area (Å²) in [6, 6.07) is 8.05. The molecule has 0 spiro atoms. The highest BCUT2D eigenvalue weighted by Gasteiger charge is 2.28. The summed E-state index contributed by atoms with van der Waals surface area (Å²) in [5.41, 5.74) is 5.82. The van der Waals surface area contributed by atoms with Gasteiger partial charge in [0.1, 0.15) is 11.4 Å². The highest BCUT2D eigenvalue weighted by molar-refractivity contribution is 7.88. The molecule has 30 heavy (non-hydrogen) atoms. The molecule has 1 heterocycles. The molecule has 0 aliphatic rings. The number of amides is 1. The van der Waals surface area contributed by atoms with Crippen molar-refractivity contribution >= 4 is 16.1 Å². The fourth-order valence-electron chi connectivity index (χ4n) is 2.22. The number of methoxy groups -OCH3 is 1. The second-order valence-electron chi connectivity index (χ2n) is 7.34. The Hall–Kier alpha value is -2.92. The summed E-state index contributed by atoms with van der Waals surface area (Å²) in [7, 11) is -1.31. The minimum absolute atomic E-state index is 0.126. The maximum atomic E-state index is 12.5. The zero-order valence-corrected chi connectivity index (χ0v) is 18.4. The number of benzene rings is 1. The summed E-state index contributed by atoms with van der Waals surface area (Å²) < 4.78 is 41.4. The van der Waals surface area contributed by atoms with Crippen LogP contribution in [0.3, 0.4) is 0 Å². The van der Waals surface area contributed by atoms with E-state index in [0.717, 1.165) is 0 Å². The summed E-state index contributed by atoms with van der Waals surface area (Å²) in [6.45, 7) is 5.17. The Bertz CT molecular complexity index is 965. The molecular weight excluding hydrogens is 412 g/mol. The van der Waals surface area contributed by atoms with Gasteiger partial charge in [0.2, 0.25) is 15.9 Å². The van der Waals surface area contributed by atoms with E-state index in [-0.39, 0.29) is 24.2 Å². The molecule has 0 unspecified atom stereocenters. The van der Waals surface area contributed by atoms with E-state index in [0.29, 0.717) is 21.3 Å². The first-order chi connectivity index (χ1) is 13.9. The third kappa shape index (κ3) is 6.56. The van der Waals surface area contributed by atoms with Gasteiger partial charge in [-0.3, -0.25) is 0 Å². The number of carbonyl (C=O) groups is 1. The van der Waals surface area contributed by atoms with Crippen LogP contribution >= 0.6 is 0 Å².